The van der Waals surface area contributed by atoms with Crippen LogP contribution in [0.4, 0.5) is 0 Å². The van der Waals surface area contributed by atoms with Crippen molar-refractivity contribution in [2.75, 3.05) is 47.8 Å². The van der Waals surface area contributed by atoms with Gasteiger partial charge in [-0.3, -0.25) is 0 Å². The molecule has 2 aliphatic rings. The highest BCUT2D eigenvalue weighted by Crippen LogP contribution is 2.33. The monoisotopic (exact) mass is 350 g/mol. The normalized spacial score (nSPS) is 29.1. The van der Waals surface area contributed by atoms with Crippen molar-refractivity contribution in [3.63, 3.8) is 0 Å². The first-order valence-corrected chi connectivity index (χ1v) is 10.3. The van der Waals surface area contributed by atoms with Crippen LogP contribution in [0.25, 0.3) is 0 Å². The molecule has 2 rings (SSSR count). The minimum absolute atomic E-state index is 0.0672. The van der Waals surface area contributed by atoms with E-state index in [0.29, 0.717) is 26.4 Å². The first kappa shape index (κ1) is 19.3. The molecular weight excluding hydrogens is 320 g/mol. The van der Waals surface area contributed by atoms with Gasteiger partial charge in [0.25, 0.3) is 5.97 Å². The molecule has 0 saturated carbocycles. The van der Waals surface area contributed by atoms with E-state index in [4.69, 9.17) is 32.2 Å². The molecule has 0 bridgehead atoms. The van der Waals surface area contributed by atoms with Crippen LogP contribution in [0.2, 0.25) is 6.04 Å². The lowest BCUT2D eigenvalue weighted by molar-refractivity contribution is -0.337. The SMILES string of the molecule is CO[Si](CCCOCC1COC2(CCCCCO2)O1)(OC)OC. The molecular formula is C15H30O7Si. The largest absolute Gasteiger partial charge is 0.500 e. The topological polar surface area (TPSA) is 64.6 Å². The zero-order valence-electron chi connectivity index (χ0n) is 14.5. The lowest BCUT2D eigenvalue weighted by Crippen LogP contribution is -2.42. The van der Waals surface area contributed by atoms with Crippen molar-refractivity contribution < 1.29 is 32.2 Å². The van der Waals surface area contributed by atoms with Crippen molar-refractivity contribution in [1.29, 1.82) is 0 Å². The van der Waals surface area contributed by atoms with Crippen molar-refractivity contribution in [3.8, 4) is 0 Å². The second kappa shape index (κ2) is 9.43. The van der Waals surface area contributed by atoms with Gasteiger partial charge in [-0.2, -0.15) is 0 Å². The Morgan fingerprint density at radius 1 is 1.04 bits per heavy atom. The molecule has 2 aliphatic heterocycles. The summed E-state index contributed by atoms with van der Waals surface area (Å²) in [6.45, 7) is 2.34. The maximum atomic E-state index is 5.95. The average molecular weight is 350 g/mol. The Bertz CT molecular complexity index is 322. The van der Waals surface area contributed by atoms with Crippen molar-refractivity contribution in [2.45, 2.75) is 50.2 Å². The van der Waals surface area contributed by atoms with E-state index in [1.54, 1.807) is 21.3 Å². The molecule has 0 radical (unpaired) electrons. The van der Waals surface area contributed by atoms with Gasteiger partial charge >= 0.3 is 8.80 Å². The van der Waals surface area contributed by atoms with Crippen LogP contribution in [0.5, 0.6) is 0 Å². The molecule has 1 spiro atoms. The Kier molecular flexibility index (Phi) is 7.90. The quantitative estimate of drug-likeness (QED) is 0.465. The Morgan fingerprint density at radius 3 is 2.57 bits per heavy atom. The van der Waals surface area contributed by atoms with Gasteiger partial charge in [0, 0.05) is 40.4 Å². The summed E-state index contributed by atoms with van der Waals surface area (Å²) in [6.07, 6.45) is 4.86. The highest BCUT2D eigenvalue weighted by Gasteiger charge is 2.43. The number of ether oxygens (including phenoxy) is 4. The zero-order chi connectivity index (χ0) is 16.6. The van der Waals surface area contributed by atoms with E-state index in [1.807, 2.05) is 0 Å². The van der Waals surface area contributed by atoms with Crippen LogP contribution in [0.1, 0.15) is 32.1 Å². The van der Waals surface area contributed by atoms with Crippen LogP contribution >= 0.6 is 0 Å². The van der Waals surface area contributed by atoms with Crippen LogP contribution in [0, 0.1) is 0 Å². The maximum Gasteiger partial charge on any atom is 0.500 e. The molecule has 2 heterocycles. The predicted molar refractivity (Wildman–Crippen MR) is 85.0 cm³/mol. The molecule has 0 aliphatic carbocycles. The molecule has 0 amide bonds. The van der Waals surface area contributed by atoms with Gasteiger partial charge in [-0.25, -0.2) is 0 Å². The van der Waals surface area contributed by atoms with Crippen LogP contribution < -0.4 is 0 Å². The van der Waals surface area contributed by atoms with Crippen LogP contribution in [0.3, 0.4) is 0 Å². The first-order chi connectivity index (χ1) is 11.2. The molecule has 2 unspecified atom stereocenters. The minimum Gasteiger partial charge on any atom is -0.379 e. The van der Waals surface area contributed by atoms with Gasteiger partial charge in [0.15, 0.2) is 0 Å². The maximum absolute atomic E-state index is 5.95. The molecule has 2 fully saturated rings. The summed E-state index contributed by atoms with van der Waals surface area (Å²) in [7, 11) is 2.37. The van der Waals surface area contributed by atoms with E-state index in [0.717, 1.165) is 31.7 Å². The van der Waals surface area contributed by atoms with Crippen molar-refractivity contribution >= 4 is 8.80 Å². The Hall–Kier alpha value is -0.0631. The number of hydrogen-bond acceptors (Lipinski definition) is 7. The summed E-state index contributed by atoms with van der Waals surface area (Å²) in [5.41, 5.74) is 0. The lowest BCUT2D eigenvalue weighted by Gasteiger charge is -2.26. The van der Waals surface area contributed by atoms with E-state index < -0.39 is 14.8 Å². The molecule has 136 valence electrons. The average Bonchev–Trinajstić information content (AvgIpc) is 2.83. The summed E-state index contributed by atoms with van der Waals surface area (Å²) in [6, 6.07) is 0.728. The third-order valence-corrected chi connectivity index (χ3v) is 7.12. The van der Waals surface area contributed by atoms with Crippen LogP contribution in [0.15, 0.2) is 0 Å². The van der Waals surface area contributed by atoms with E-state index in [2.05, 4.69) is 0 Å². The molecule has 0 N–H and O–H groups in total. The Morgan fingerprint density at radius 2 is 1.83 bits per heavy atom. The Labute approximate surface area is 139 Å². The van der Waals surface area contributed by atoms with Gasteiger partial charge in [-0.1, -0.05) is 6.42 Å². The molecule has 0 aromatic heterocycles. The summed E-state index contributed by atoms with van der Waals surface area (Å²) >= 11 is 0. The summed E-state index contributed by atoms with van der Waals surface area (Å²) in [5.74, 6) is -0.825. The fraction of sp³-hybridized carbons (Fsp3) is 1.00. The second-order valence-corrected chi connectivity index (χ2v) is 8.96. The number of rotatable bonds is 9. The van der Waals surface area contributed by atoms with Gasteiger partial charge in [-0.05, 0) is 19.3 Å². The van der Waals surface area contributed by atoms with E-state index >= 15 is 0 Å². The summed E-state index contributed by atoms with van der Waals surface area (Å²) in [5, 5.41) is 0. The lowest BCUT2D eigenvalue weighted by atomic mass is 10.2. The highest BCUT2D eigenvalue weighted by atomic mass is 28.4. The summed E-state index contributed by atoms with van der Waals surface area (Å²) < 4.78 is 39.3. The van der Waals surface area contributed by atoms with Crippen LogP contribution in [-0.2, 0) is 32.2 Å². The van der Waals surface area contributed by atoms with Crippen LogP contribution in [-0.4, -0.2) is 68.6 Å². The van der Waals surface area contributed by atoms with Crippen molar-refractivity contribution in [1.82, 2.24) is 0 Å². The first-order valence-electron chi connectivity index (χ1n) is 8.36. The fourth-order valence-corrected chi connectivity index (χ4v) is 4.60. The summed E-state index contributed by atoms with van der Waals surface area (Å²) in [4.78, 5) is 0. The van der Waals surface area contributed by atoms with Gasteiger partial charge < -0.3 is 32.2 Å². The molecule has 23 heavy (non-hydrogen) atoms. The highest BCUT2D eigenvalue weighted by molar-refractivity contribution is 6.60. The standard InChI is InChI=1S/C15H30O7Si/c1-16-23(17-2,18-3)11-7-9-19-12-14-13-21-15(22-14)8-5-4-6-10-20-15/h14H,4-13H2,1-3H3. The van der Waals surface area contributed by atoms with E-state index in [1.165, 1.54) is 6.42 Å². The Balaban J connectivity index is 1.62. The third kappa shape index (κ3) is 5.47. The number of hydrogen-bond donors (Lipinski definition) is 0. The van der Waals surface area contributed by atoms with Gasteiger partial charge in [-0.15, -0.1) is 0 Å². The van der Waals surface area contributed by atoms with Gasteiger partial charge in [0.2, 0.25) is 0 Å². The third-order valence-electron chi connectivity index (χ3n) is 4.29. The molecule has 0 aromatic rings. The molecule has 7 nitrogen and oxygen atoms in total. The van der Waals surface area contributed by atoms with Gasteiger partial charge in [0.1, 0.15) is 6.10 Å². The predicted octanol–water partition coefficient (Wildman–Crippen LogP) is 1.93. The molecule has 2 atom stereocenters. The van der Waals surface area contributed by atoms with E-state index in [-0.39, 0.29) is 6.10 Å². The molecule has 0 aromatic carbocycles. The van der Waals surface area contributed by atoms with Crippen molar-refractivity contribution in [2.24, 2.45) is 0 Å². The van der Waals surface area contributed by atoms with Gasteiger partial charge in [0.05, 0.1) is 19.8 Å². The fourth-order valence-electron chi connectivity index (χ4n) is 2.91. The second-order valence-electron chi connectivity index (χ2n) is 5.87. The van der Waals surface area contributed by atoms with E-state index in [9.17, 15) is 0 Å². The smallest absolute Gasteiger partial charge is 0.379 e. The molecule has 2 saturated heterocycles. The molecule has 8 heteroatoms. The van der Waals surface area contributed by atoms with Crippen molar-refractivity contribution in [3.05, 3.63) is 0 Å². The minimum atomic E-state index is -2.49. The zero-order valence-corrected chi connectivity index (χ0v) is 15.5.